The lowest BCUT2D eigenvalue weighted by atomic mass is 10.2. The van der Waals surface area contributed by atoms with E-state index in [4.69, 9.17) is 16.7 Å². The number of thioether (sulfide) groups is 1. The van der Waals surface area contributed by atoms with Crippen molar-refractivity contribution in [3.63, 3.8) is 0 Å². The highest BCUT2D eigenvalue weighted by molar-refractivity contribution is 7.98. The van der Waals surface area contributed by atoms with Crippen LogP contribution in [0.15, 0.2) is 11.4 Å². The lowest BCUT2D eigenvalue weighted by Gasteiger charge is -2.27. The molecule has 0 radical (unpaired) electrons. The molecule has 1 aromatic heterocycles. The average Bonchev–Trinajstić information content (AvgIpc) is 2.98. The number of hydrogen-bond acceptors (Lipinski definition) is 5. The molecular weight excluding hydrogens is 314 g/mol. The second-order valence-corrected chi connectivity index (χ2v) is 6.00. The summed E-state index contributed by atoms with van der Waals surface area (Å²) >= 11 is 7.31. The van der Waals surface area contributed by atoms with Crippen LogP contribution in [0.4, 0.5) is 0 Å². The van der Waals surface area contributed by atoms with Crippen LogP contribution in [0.25, 0.3) is 0 Å². The van der Waals surface area contributed by atoms with Gasteiger partial charge in [-0.1, -0.05) is 36.2 Å². The lowest BCUT2D eigenvalue weighted by Crippen LogP contribution is -2.42. The number of carboxylic acids is 1. The van der Waals surface area contributed by atoms with Crippen LogP contribution in [0.5, 0.6) is 0 Å². The number of halogens is 1. The van der Waals surface area contributed by atoms with Crippen molar-refractivity contribution in [3.8, 4) is 0 Å². The van der Waals surface area contributed by atoms with Gasteiger partial charge < -0.3 is 10.0 Å². The summed E-state index contributed by atoms with van der Waals surface area (Å²) in [6.07, 6.45) is 6.81. The number of aromatic nitrogens is 2. The maximum atomic E-state index is 12.6. The van der Waals surface area contributed by atoms with Crippen molar-refractivity contribution in [2.45, 2.75) is 36.9 Å². The Kier molecular flexibility index (Phi) is 5.41. The van der Waals surface area contributed by atoms with Crippen molar-refractivity contribution < 1.29 is 14.7 Å². The first kappa shape index (κ1) is 16.0. The number of nitrogens with zero attached hydrogens (tertiary/aromatic N) is 3. The van der Waals surface area contributed by atoms with Gasteiger partial charge in [0.1, 0.15) is 6.54 Å². The van der Waals surface area contributed by atoms with Gasteiger partial charge in [0.25, 0.3) is 5.91 Å². The number of rotatable bonds is 5. The highest BCUT2D eigenvalue weighted by Gasteiger charge is 2.31. The van der Waals surface area contributed by atoms with Gasteiger partial charge in [-0.15, -0.1) is 0 Å². The van der Waals surface area contributed by atoms with E-state index < -0.39 is 11.9 Å². The largest absolute Gasteiger partial charge is 0.480 e. The summed E-state index contributed by atoms with van der Waals surface area (Å²) in [5, 5.41) is 9.63. The Morgan fingerprint density at radius 2 is 2.14 bits per heavy atom. The molecule has 1 amide bonds. The van der Waals surface area contributed by atoms with Crippen LogP contribution in [0.2, 0.25) is 5.02 Å². The lowest BCUT2D eigenvalue weighted by molar-refractivity contribution is -0.138. The third-order valence-electron chi connectivity index (χ3n) is 3.44. The molecule has 0 spiro atoms. The Labute approximate surface area is 131 Å². The molecule has 0 aromatic carbocycles. The molecule has 0 unspecified atom stereocenters. The predicted molar refractivity (Wildman–Crippen MR) is 79.8 cm³/mol. The molecule has 6 nitrogen and oxygen atoms in total. The van der Waals surface area contributed by atoms with Crippen LogP contribution in [-0.4, -0.2) is 50.7 Å². The summed E-state index contributed by atoms with van der Waals surface area (Å²) in [4.78, 5) is 33.2. The Hall–Kier alpha value is -1.34. The van der Waals surface area contributed by atoms with Crippen molar-refractivity contribution in [1.29, 1.82) is 0 Å². The molecule has 1 aliphatic carbocycles. The summed E-state index contributed by atoms with van der Waals surface area (Å²) in [6.45, 7) is -0.335. The first-order chi connectivity index (χ1) is 10.0. The van der Waals surface area contributed by atoms with Crippen LogP contribution in [-0.2, 0) is 4.79 Å². The summed E-state index contributed by atoms with van der Waals surface area (Å²) in [5.74, 6) is -1.47. The second-order valence-electron chi connectivity index (χ2n) is 4.82. The summed E-state index contributed by atoms with van der Waals surface area (Å²) in [7, 11) is 0. The van der Waals surface area contributed by atoms with Gasteiger partial charge >= 0.3 is 5.97 Å². The molecule has 1 N–H and O–H groups in total. The molecule has 1 saturated carbocycles. The molecule has 1 fully saturated rings. The Morgan fingerprint density at radius 3 is 2.71 bits per heavy atom. The maximum absolute atomic E-state index is 12.6. The zero-order valence-corrected chi connectivity index (χ0v) is 13.2. The third kappa shape index (κ3) is 3.85. The normalized spacial score (nSPS) is 15.1. The summed E-state index contributed by atoms with van der Waals surface area (Å²) in [5.41, 5.74) is 0.0733. The van der Waals surface area contributed by atoms with Crippen LogP contribution < -0.4 is 0 Å². The standard InChI is InChI=1S/C13H16ClN3O3S/c1-21-13-15-6-9(14)11(16-13)12(20)17(7-10(18)19)8-4-2-3-5-8/h6,8H,2-5,7H2,1H3,(H,18,19). The van der Waals surface area contributed by atoms with Gasteiger partial charge in [-0.3, -0.25) is 9.59 Å². The molecule has 1 aromatic rings. The number of carboxylic acid groups (broad SMARTS) is 1. The minimum Gasteiger partial charge on any atom is -0.480 e. The fraction of sp³-hybridized carbons (Fsp3) is 0.538. The fourth-order valence-corrected chi connectivity index (χ4v) is 2.98. The van der Waals surface area contributed by atoms with E-state index in [-0.39, 0.29) is 23.3 Å². The van der Waals surface area contributed by atoms with Gasteiger partial charge in [-0.2, -0.15) is 0 Å². The van der Waals surface area contributed by atoms with E-state index in [2.05, 4.69) is 9.97 Å². The molecule has 0 atom stereocenters. The van der Waals surface area contributed by atoms with Gasteiger partial charge in [-0.25, -0.2) is 9.97 Å². The quantitative estimate of drug-likeness (QED) is 0.659. The zero-order chi connectivity index (χ0) is 15.4. The number of carbonyl (C=O) groups is 2. The van der Waals surface area contributed by atoms with Gasteiger partial charge in [0.05, 0.1) is 11.2 Å². The number of carbonyl (C=O) groups excluding carboxylic acids is 1. The molecule has 1 aliphatic rings. The van der Waals surface area contributed by atoms with Gasteiger partial charge in [0, 0.05) is 6.04 Å². The Balaban J connectivity index is 2.30. The molecule has 114 valence electrons. The summed E-state index contributed by atoms with van der Waals surface area (Å²) < 4.78 is 0. The van der Waals surface area contributed by atoms with Gasteiger partial charge in [-0.05, 0) is 19.1 Å². The minimum atomic E-state index is -1.04. The maximum Gasteiger partial charge on any atom is 0.323 e. The highest BCUT2D eigenvalue weighted by atomic mass is 35.5. The van der Waals surface area contributed by atoms with E-state index in [9.17, 15) is 9.59 Å². The van der Waals surface area contributed by atoms with Crippen molar-refractivity contribution in [3.05, 3.63) is 16.9 Å². The third-order valence-corrected chi connectivity index (χ3v) is 4.28. The minimum absolute atomic E-state index is 0.0580. The van der Waals surface area contributed by atoms with Crippen LogP contribution in [0.3, 0.4) is 0 Å². The molecule has 0 aliphatic heterocycles. The molecule has 2 rings (SSSR count). The van der Waals surface area contributed by atoms with E-state index in [0.29, 0.717) is 5.16 Å². The van der Waals surface area contributed by atoms with Crippen molar-refractivity contribution in [1.82, 2.24) is 14.9 Å². The molecule has 0 saturated heterocycles. The van der Waals surface area contributed by atoms with E-state index in [1.807, 2.05) is 0 Å². The SMILES string of the molecule is CSc1ncc(Cl)c(C(=O)N(CC(=O)O)C2CCCC2)n1. The predicted octanol–water partition coefficient (Wildman–Crippen LogP) is 2.32. The topological polar surface area (TPSA) is 83.4 Å². The van der Waals surface area contributed by atoms with E-state index in [1.165, 1.54) is 22.9 Å². The average molecular weight is 330 g/mol. The Bertz CT molecular complexity index is 549. The molecule has 21 heavy (non-hydrogen) atoms. The second kappa shape index (κ2) is 7.09. The van der Waals surface area contributed by atoms with Crippen molar-refractivity contribution in [2.24, 2.45) is 0 Å². The van der Waals surface area contributed by atoms with Crippen molar-refractivity contribution >= 4 is 35.2 Å². The molecule has 1 heterocycles. The number of amides is 1. The molecular formula is C13H16ClN3O3S. The number of hydrogen-bond donors (Lipinski definition) is 1. The smallest absolute Gasteiger partial charge is 0.323 e. The fourth-order valence-electron chi connectivity index (χ4n) is 2.46. The number of aliphatic carboxylic acids is 1. The van der Waals surface area contributed by atoms with Gasteiger partial charge in [0.15, 0.2) is 10.9 Å². The molecule has 8 heteroatoms. The summed E-state index contributed by atoms with van der Waals surface area (Å²) in [6, 6.07) is -0.0580. The van der Waals surface area contributed by atoms with Crippen molar-refractivity contribution in [2.75, 3.05) is 12.8 Å². The van der Waals surface area contributed by atoms with Crippen LogP contribution in [0.1, 0.15) is 36.2 Å². The van der Waals surface area contributed by atoms with E-state index in [0.717, 1.165) is 25.7 Å². The van der Waals surface area contributed by atoms with E-state index in [1.54, 1.807) is 6.26 Å². The highest BCUT2D eigenvalue weighted by Crippen LogP contribution is 2.26. The van der Waals surface area contributed by atoms with Crippen LogP contribution in [0, 0.1) is 0 Å². The Morgan fingerprint density at radius 1 is 1.48 bits per heavy atom. The monoisotopic (exact) mass is 329 g/mol. The zero-order valence-electron chi connectivity index (χ0n) is 11.6. The first-order valence-electron chi connectivity index (χ1n) is 6.62. The first-order valence-corrected chi connectivity index (χ1v) is 8.22. The molecule has 0 bridgehead atoms. The van der Waals surface area contributed by atoms with Crippen LogP contribution >= 0.6 is 23.4 Å². The van der Waals surface area contributed by atoms with Gasteiger partial charge in [0.2, 0.25) is 0 Å². The van der Waals surface area contributed by atoms with E-state index >= 15 is 0 Å².